The van der Waals surface area contributed by atoms with Crippen LogP contribution in [0.3, 0.4) is 0 Å². The lowest BCUT2D eigenvalue weighted by Gasteiger charge is -2.14. The van der Waals surface area contributed by atoms with E-state index in [4.69, 9.17) is 15.9 Å². The largest absolute Gasteiger partial charge is 0.394 e. The van der Waals surface area contributed by atoms with Gasteiger partial charge in [0.1, 0.15) is 11.6 Å². The minimum Gasteiger partial charge on any atom is -0.394 e. The van der Waals surface area contributed by atoms with Gasteiger partial charge >= 0.3 is 0 Å². The summed E-state index contributed by atoms with van der Waals surface area (Å²) in [5.41, 5.74) is 5.56. The van der Waals surface area contributed by atoms with Crippen molar-refractivity contribution < 1.29 is 10.2 Å². The summed E-state index contributed by atoms with van der Waals surface area (Å²) in [6.45, 7) is -0.343. The maximum Gasteiger partial charge on any atom is 0.191 e. The van der Waals surface area contributed by atoms with E-state index in [1.807, 2.05) is 6.26 Å². The van der Waals surface area contributed by atoms with Gasteiger partial charge in [-0.2, -0.15) is 0 Å². The lowest BCUT2D eigenvalue weighted by atomic mass is 10.3. The first-order valence-electron chi connectivity index (χ1n) is 4.36. The van der Waals surface area contributed by atoms with E-state index >= 15 is 0 Å². The van der Waals surface area contributed by atoms with E-state index in [2.05, 4.69) is 15.3 Å². The van der Waals surface area contributed by atoms with Crippen molar-refractivity contribution in [3.63, 3.8) is 0 Å². The summed E-state index contributed by atoms with van der Waals surface area (Å²) in [7, 11) is 0. The molecule has 6 nitrogen and oxygen atoms in total. The number of hydrogen-bond acceptors (Lipinski definition) is 7. The smallest absolute Gasteiger partial charge is 0.191 e. The molecule has 0 amide bonds. The Kier molecular flexibility index (Phi) is 4.60. The highest BCUT2D eigenvalue weighted by Gasteiger charge is 2.08. The van der Waals surface area contributed by atoms with Crippen LogP contribution in [0, 0.1) is 0 Å². The van der Waals surface area contributed by atoms with Gasteiger partial charge in [0.05, 0.1) is 19.3 Å². The van der Waals surface area contributed by atoms with E-state index in [1.165, 1.54) is 11.8 Å². The maximum atomic E-state index is 8.88. The standard InChI is InChI=1S/C8H14N4O2S/c1-15-8-11-6(9)2-7(12-8)10-5(3-13)4-14/h2,5,13-14H,3-4H2,1H3,(H3,9,10,11,12). The van der Waals surface area contributed by atoms with Crippen molar-refractivity contribution in [3.05, 3.63) is 6.07 Å². The molecule has 0 saturated heterocycles. The normalized spacial score (nSPS) is 10.7. The van der Waals surface area contributed by atoms with Crippen molar-refractivity contribution in [1.82, 2.24) is 9.97 Å². The topological polar surface area (TPSA) is 104 Å². The molecule has 0 atom stereocenters. The van der Waals surface area contributed by atoms with Gasteiger partial charge in [-0.15, -0.1) is 0 Å². The molecule has 7 heteroatoms. The van der Waals surface area contributed by atoms with Crippen LogP contribution >= 0.6 is 11.8 Å². The maximum absolute atomic E-state index is 8.88. The highest BCUT2D eigenvalue weighted by atomic mass is 32.2. The molecule has 0 fully saturated rings. The van der Waals surface area contributed by atoms with Crippen LogP contribution in [0.4, 0.5) is 11.6 Å². The van der Waals surface area contributed by atoms with Gasteiger partial charge in [-0.25, -0.2) is 9.97 Å². The van der Waals surface area contributed by atoms with E-state index in [1.54, 1.807) is 6.07 Å². The van der Waals surface area contributed by atoms with Crippen LogP contribution in [0.25, 0.3) is 0 Å². The van der Waals surface area contributed by atoms with Gasteiger partial charge in [0.15, 0.2) is 5.16 Å². The minimum atomic E-state index is -0.436. The summed E-state index contributed by atoms with van der Waals surface area (Å²) in [4.78, 5) is 8.10. The van der Waals surface area contributed by atoms with Crippen LogP contribution in [-0.4, -0.2) is 45.7 Å². The molecule has 0 spiro atoms. The first-order chi connectivity index (χ1) is 7.19. The number of nitrogens with zero attached hydrogens (tertiary/aromatic N) is 2. The van der Waals surface area contributed by atoms with Crippen molar-refractivity contribution in [2.75, 3.05) is 30.5 Å². The van der Waals surface area contributed by atoms with Gasteiger partial charge in [0.2, 0.25) is 0 Å². The highest BCUT2D eigenvalue weighted by Crippen LogP contribution is 2.15. The molecule has 1 aromatic rings. The Morgan fingerprint density at radius 2 is 2.13 bits per heavy atom. The molecule has 84 valence electrons. The third-order valence-electron chi connectivity index (χ3n) is 1.70. The molecule has 1 rings (SSSR count). The highest BCUT2D eigenvalue weighted by molar-refractivity contribution is 7.98. The predicted octanol–water partition coefficient (Wildman–Crippen LogP) is -0.454. The number of aromatic nitrogens is 2. The van der Waals surface area contributed by atoms with Gasteiger partial charge in [-0.05, 0) is 6.26 Å². The fraction of sp³-hybridized carbons (Fsp3) is 0.500. The van der Waals surface area contributed by atoms with Gasteiger partial charge in [0, 0.05) is 6.07 Å². The number of nitrogen functional groups attached to an aromatic ring is 1. The molecule has 1 aromatic heterocycles. The fourth-order valence-electron chi connectivity index (χ4n) is 0.966. The van der Waals surface area contributed by atoms with Crippen LogP contribution < -0.4 is 11.1 Å². The van der Waals surface area contributed by atoms with Crippen LogP contribution in [0.15, 0.2) is 11.2 Å². The van der Waals surface area contributed by atoms with Crippen LogP contribution in [-0.2, 0) is 0 Å². The third kappa shape index (κ3) is 3.54. The first-order valence-corrected chi connectivity index (χ1v) is 5.59. The second-order valence-corrected chi connectivity index (χ2v) is 3.64. The number of nitrogens with two attached hydrogens (primary N) is 1. The molecule has 0 saturated carbocycles. The number of thioether (sulfide) groups is 1. The van der Waals surface area contributed by atoms with Crippen molar-refractivity contribution in [2.24, 2.45) is 0 Å². The van der Waals surface area contributed by atoms with Crippen molar-refractivity contribution in [3.8, 4) is 0 Å². The molecule has 0 aliphatic rings. The Balaban J connectivity index is 2.79. The average molecular weight is 230 g/mol. The fourth-order valence-corrected chi connectivity index (χ4v) is 1.35. The van der Waals surface area contributed by atoms with Crippen molar-refractivity contribution in [2.45, 2.75) is 11.2 Å². The molecule has 0 aliphatic carbocycles. The quantitative estimate of drug-likeness (QED) is 0.401. The number of aliphatic hydroxyl groups excluding tert-OH is 2. The molecule has 1 heterocycles. The summed E-state index contributed by atoms with van der Waals surface area (Å²) < 4.78 is 0. The molecular weight excluding hydrogens is 216 g/mol. The second kappa shape index (κ2) is 5.74. The molecule has 0 aromatic carbocycles. The van der Waals surface area contributed by atoms with Crippen LogP contribution in [0.5, 0.6) is 0 Å². The molecule has 15 heavy (non-hydrogen) atoms. The predicted molar refractivity (Wildman–Crippen MR) is 59.8 cm³/mol. The zero-order valence-electron chi connectivity index (χ0n) is 8.34. The second-order valence-electron chi connectivity index (χ2n) is 2.87. The van der Waals surface area contributed by atoms with Crippen molar-refractivity contribution in [1.29, 1.82) is 0 Å². The minimum absolute atomic E-state index is 0.172. The Hall–Kier alpha value is -1.05. The molecule has 0 unspecified atom stereocenters. The number of rotatable bonds is 5. The first kappa shape index (κ1) is 12.0. The number of aliphatic hydroxyl groups is 2. The zero-order valence-corrected chi connectivity index (χ0v) is 9.16. The monoisotopic (exact) mass is 230 g/mol. The van der Waals surface area contributed by atoms with E-state index in [0.29, 0.717) is 16.8 Å². The molecule has 0 aliphatic heterocycles. The number of hydrogen-bond donors (Lipinski definition) is 4. The van der Waals surface area contributed by atoms with Crippen molar-refractivity contribution >= 4 is 23.4 Å². The zero-order chi connectivity index (χ0) is 11.3. The summed E-state index contributed by atoms with van der Waals surface area (Å²) >= 11 is 1.37. The number of nitrogens with one attached hydrogen (secondary N) is 1. The lowest BCUT2D eigenvalue weighted by Crippen LogP contribution is -2.28. The molecule has 0 bridgehead atoms. The Bertz CT molecular complexity index is 320. The van der Waals surface area contributed by atoms with E-state index in [9.17, 15) is 0 Å². The number of anilines is 2. The summed E-state index contributed by atoms with van der Waals surface area (Å²) in [6.07, 6.45) is 1.84. The van der Waals surface area contributed by atoms with Gasteiger partial charge in [0.25, 0.3) is 0 Å². The van der Waals surface area contributed by atoms with Crippen LogP contribution in [0.1, 0.15) is 0 Å². The molecule has 5 N–H and O–H groups in total. The van der Waals surface area contributed by atoms with E-state index in [-0.39, 0.29) is 13.2 Å². The Morgan fingerprint density at radius 3 is 2.67 bits per heavy atom. The summed E-state index contributed by atoms with van der Waals surface area (Å²) in [5.74, 6) is 0.853. The summed E-state index contributed by atoms with van der Waals surface area (Å²) in [6, 6.07) is 1.12. The van der Waals surface area contributed by atoms with Crippen LogP contribution in [0.2, 0.25) is 0 Å². The molecule has 0 radical (unpaired) electrons. The Labute approximate surface area is 91.9 Å². The van der Waals surface area contributed by atoms with Gasteiger partial charge in [-0.3, -0.25) is 0 Å². The lowest BCUT2D eigenvalue weighted by molar-refractivity contribution is 0.203. The van der Waals surface area contributed by atoms with E-state index in [0.717, 1.165) is 0 Å². The SMILES string of the molecule is CSc1nc(N)cc(NC(CO)CO)n1. The third-order valence-corrected chi connectivity index (χ3v) is 2.25. The van der Waals surface area contributed by atoms with Gasteiger partial charge < -0.3 is 21.3 Å². The average Bonchev–Trinajstić information content (AvgIpc) is 2.25. The summed E-state index contributed by atoms with van der Waals surface area (Å²) in [5, 5.41) is 21.2. The molecular formula is C8H14N4O2S. The van der Waals surface area contributed by atoms with E-state index < -0.39 is 6.04 Å². The van der Waals surface area contributed by atoms with Gasteiger partial charge in [-0.1, -0.05) is 11.8 Å². The Morgan fingerprint density at radius 1 is 1.47 bits per heavy atom.